The molecule has 0 radical (unpaired) electrons. The highest BCUT2D eigenvalue weighted by Gasteiger charge is 2.30. The molecule has 0 aliphatic heterocycles. The summed E-state index contributed by atoms with van der Waals surface area (Å²) in [5, 5.41) is 2.90. The Morgan fingerprint density at radius 3 is 2.48 bits per heavy atom. The predicted octanol–water partition coefficient (Wildman–Crippen LogP) is 4.64. The number of nitrogens with one attached hydrogen (secondary N) is 1. The second-order valence-electron chi connectivity index (χ2n) is 7.26. The summed E-state index contributed by atoms with van der Waals surface area (Å²) in [6, 6.07) is 18.1. The third-order valence-electron chi connectivity index (χ3n) is 4.94. The smallest absolute Gasteiger partial charge is 0.416 e. The Morgan fingerprint density at radius 2 is 1.76 bits per heavy atom. The SMILES string of the molecule is Cn1c(-c2ccc(OCC(=O)Nc3cccc(C(F)(F)F)c3)cc2)nc2ccccc2c1=O. The van der Waals surface area contributed by atoms with E-state index in [4.69, 9.17) is 4.74 Å². The number of para-hydroxylation sites is 1. The van der Waals surface area contributed by atoms with Gasteiger partial charge in [-0.05, 0) is 54.6 Å². The molecule has 1 N–H and O–H groups in total. The number of ether oxygens (including phenoxy) is 1. The molecule has 6 nitrogen and oxygen atoms in total. The maximum absolute atomic E-state index is 12.8. The quantitative estimate of drug-likeness (QED) is 0.478. The predicted molar refractivity (Wildman–Crippen MR) is 118 cm³/mol. The highest BCUT2D eigenvalue weighted by molar-refractivity contribution is 5.92. The first kappa shape index (κ1) is 22.1. The average Bonchev–Trinajstić information content (AvgIpc) is 2.80. The average molecular weight is 453 g/mol. The molecule has 3 aromatic carbocycles. The molecule has 4 aromatic rings. The molecule has 1 heterocycles. The summed E-state index contributed by atoms with van der Waals surface area (Å²) < 4.78 is 45.3. The van der Waals surface area contributed by atoms with Crippen LogP contribution in [0.4, 0.5) is 18.9 Å². The van der Waals surface area contributed by atoms with E-state index in [1.54, 1.807) is 55.6 Å². The molecule has 0 atom stereocenters. The summed E-state index contributed by atoms with van der Waals surface area (Å²) in [4.78, 5) is 29.2. The van der Waals surface area contributed by atoms with Crippen LogP contribution < -0.4 is 15.6 Å². The van der Waals surface area contributed by atoms with Gasteiger partial charge < -0.3 is 10.1 Å². The molecule has 0 aliphatic rings. The van der Waals surface area contributed by atoms with Gasteiger partial charge >= 0.3 is 6.18 Å². The van der Waals surface area contributed by atoms with Gasteiger partial charge in [-0.3, -0.25) is 14.2 Å². The molecule has 0 spiro atoms. The van der Waals surface area contributed by atoms with Crippen LogP contribution in [0.5, 0.6) is 5.75 Å². The van der Waals surface area contributed by atoms with Crippen LogP contribution >= 0.6 is 0 Å². The monoisotopic (exact) mass is 453 g/mol. The number of carbonyl (C=O) groups excluding carboxylic acids is 1. The van der Waals surface area contributed by atoms with Crippen LogP contribution in [0.2, 0.25) is 0 Å². The molecule has 0 saturated heterocycles. The van der Waals surface area contributed by atoms with Crippen molar-refractivity contribution in [2.24, 2.45) is 7.05 Å². The van der Waals surface area contributed by atoms with Crippen LogP contribution in [0.15, 0.2) is 77.6 Å². The Balaban J connectivity index is 1.44. The first-order valence-electron chi connectivity index (χ1n) is 9.88. The largest absolute Gasteiger partial charge is 0.484 e. The molecule has 0 fully saturated rings. The summed E-state index contributed by atoms with van der Waals surface area (Å²) in [6.45, 7) is -0.387. The Labute approximate surface area is 186 Å². The Hall–Kier alpha value is -4.14. The van der Waals surface area contributed by atoms with E-state index in [0.717, 1.165) is 12.1 Å². The van der Waals surface area contributed by atoms with Crippen molar-refractivity contribution in [2.45, 2.75) is 6.18 Å². The van der Waals surface area contributed by atoms with Crippen molar-refractivity contribution in [3.05, 3.63) is 88.7 Å². The van der Waals surface area contributed by atoms with Gasteiger partial charge in [0.25, 0.3) is 11.5 Å². The van der Waals surface area contributed by atoms with Gasteiger partial charge in [-0.15, -0.1) is 0 Å². The zero-order valence-corrected chi connectivity index (χ0v) is 17.4. The molecular weight excluding hydrogens is 435 g/mol. The van der Waals surface area contributed by atoms with E-state index in [-0.39, 0.29) is 17.9 Å². The van der Waals surface area contributed by atoms with Crippen molar-refractivity contribution in [3.8, 4) is 17.1 Å². The molecule has 1 aromatic heterocycles. The summed E-state index contributed by atoms with van der Waals surface area (Å²) in [5.74, 6) is 0.258. The maximum atomic E-state index is 12.8. The fourth-order valence-electron chi connectivity index (χ4n) is 3.30. The van der Waals surface area contributed by atoms with Crippen molar-refractivity contribution < 1.29 is 22.7 Å². The summed E-state index contributed by atoms with van der Waals surface area (Å²) in [5.41, 5.74) is 0.274. The van der Waals surface area contributed by atoms with Crippen molar-refractivity contribution in [2.75, 3.05) is 11.9 Å². The van der Waals surface area contributed by atoms with E-state index in [0.29, 0.717) is 28.0 Å². The van der Waals surface area contributed by atoms with Gasteiger partial charge in [0.1, 0.15) is 11.6 Å². The molecule has 168 valence electrons. The minimum absolute atomic E-state index is 0.0251. The highest BCUT2D eigenvalue weighted by atomic mass is 19.4. The normalized spacial score (nSPS) is 11.4. The highest BCUT2D eigenvalue weighted by Crippen LogP contribution is 2.30. The van der Waals surface area contributed by atoms with Gasteiger partial charge in [0.15, 0.2) is 6.61 Å². The van der Waals surface area contributed by atoms with Gasteiger partial charge in [-0.1, -0.05) is 18.2 Å². The summed E-state index contributed by atoms with van der Waals surface area (Å²) >= 11 is 0. The van der Waals surface area contributed by atoms with E-state index in [1.165, 1.54) is 16.7 Å². The molecule has 0 saturated carbocycles. The zero-order chi connectivity index (χ0) is 23.6. The van der Waals surface area contributed by atoms with Crippen LogP contribution in [-0.2, 0) is 18.0 Å². The number of hydrogen-bond donors (Lipinski definition) is 1. The van der Waals surface area contributed by atoms with E-state index in [9.17, 15) is 22.8 Å². The van der Waals surface area contributed by atoms with Gasteiger partial charge in [0.05, 0.1) is 16.5 Å². The van der Waals surface area contributed by atoms with Gasteiger partial charge in [0.2, 0.25) is 0 Å². The Bertz CT molecular complexity index is 1380. The number of aromatic nitrogens is 2. The van der Waals surface area contributed by atoms with Crippen LogP contribution in [-0.4, -0.2) is 22.1 Å². The second kappa shape index (κ2) is 8.78. The van der Waals surface area contributed by atoms with Gasteiger partial charge in [-0.25, -0.2) is 4.98 Å². The second-order valence-corrected chi connectivity index (χ2v) is 7.26. The van der Waals surface area contributed by atoms with Gasteiger partial charge in [-0.2, -0.15) is 13.2 Å². The third kappa shape index (κ3) is 4.87. The first-order valence-corrected chi connectivity index (χ1v) is 9.88. The number of anilines is 1. The number of alkyl halides is 3. The lowest BCUT2D eigenvalue weighted by molar-refractivity contribution is -0.137. The first-order chi connectivity index (χ1) is 15.7. The number of carbonyl (C=O) groups is 1. The minimum atomic E-state index is -4.50. The molecule has 0 bridgehead atoms. The molecule has 9 heteroatoms. The number of fused-ring (bicyclic) bond motifs is 1. The number of nitrogens with zero attached hydrogens (tertiary/aromatic N) is 2. The standard InChI is InChI=1S/C24H18F3N3O3/c1-30-22(29-20-8-3-2-7-19(20)23(30)32)15-9-11-18(12-10-15)33-14-21(31)28-17-6-4-5-16(13-17)24(25,26)27/h2-13H,14H2,1H3,(H,28,31). The molecule has 1 amide bonds. The van der Waals surface area contributed by atoms with Crippen LogP contribution in [0.1, 0.15) is 5.56 Å². The van der Waals surface area contributed by atoms with Crippen LogP contribution in [0.25, 0.3) is 22.3 Å². The fraction of sp³-hybridized carbons (Fsp3) is 0.125. The Kier molecular flexibility index (Phi) is 5.87. The van der Waals surface area contributed by atoms with E-state index in [1.807, 2.05) is 0 Å². The minimum Gasteiger partial charge on any atom is -0.484 e. The van der Waals surface area contributed by atoms with Gasteiger partial charge in [0, 0.05) is 18.3 Å². The summed E-state index contributed by atoms with van der Waals surface area (Å²) in [7, 11) is 1.64. The van der Waals surface area contributed by atoms with E-state index < -0.39 is 17.6 Å². The molecule has 4 rings (SSSR count). The van der Waals surface area contributed by atoms with Crippen molar-refractivity contribution in [1.29, 1.82) is 0 Å². The van der Waals surface area contributed by atoms with E-state index >= 15 is 0 Å². The van der Waals surface area contributed by atoms with Crippen molar-refractivity contribution >= 4 is 22.5 Å². The molecule has 0 unspecified atom stereocenters. The molecule has 33 heavy (non-hydrogen) atoms. The number of benzene rings is 3. The maximum Gasteiger partial charge on any atom is 0.416 e. The third-order valence-corrected chi connectivity index (χ3v) is 4.94. The number of rotatable bonds is 5. The van der Waals surface area contributed by atoms with Crippen molar-refractivity contribution in [3.63, 3.8) is 0 Å². The zero-order valence-electron chi connectivity index (χ0n) is 17.4. The summed E-state index contributed by atoms with van der Waals surface area (Å²) in [6.07, 6.45) is -4.50. The fourth-order valence-corrected chi connectivity index (χ4v) is 3.30. The van der Waals surface area contributed by atoms with Crippen molar-refractivity contribution in [1.82, 2.24) is 9.55 Å². The molecule has 0 aliphatic carbocycles. The number of halogens is 3. The number of hydrogen-bond acceptors (Lipinski definition) is 4. The lowest BCUT2D eigenvalue weighted by Gasteiger charge is -2.11. The van der Waals surface area contributed by atoms with E-state index in [2.05, 4.69) is 10.3 Å². The topological polar surface area (TPSA) is 73.2 Å². The Morgan fingerprint density at radius 1 is 1.03 bits per heavy atom. The number of amides is 1. The van der Waals surface area contributed by atoms with Crippen LogP contribution in [0, 0.1) is 0 Å². The lowest BCUT2D eigenvalue weighted by atomic mass is 10.1. The lowest BCUT2D eigenvalue weighted by Crippen LogP contribution is -2.20. The van der Waals surface area contributed by atoms with Crippen LogP contribution in [0.3, 0.4) is 0 Å². The molecular formula is C24H18F3N3O3.